The second-order valence-electron chi connectivity index (χ2n) is 7.80. The Morgan fingerprint density at radius 1 is 1.39 bits per heavy atom. The van der Waals surface area contributed by atoms with E-state index in [1.165, 1.54) is 5.56 Å². The van der Waals surface area contributed by atoms with Crippen molar-refractivity contribution in [2.75, 3.05) is 13.1 Å². The fourth-order valence-electron chi connectivity index (χ4n) is 2.82. The average molecular weight is 322 g/mol. The number of nitrogens with zero attached hydrogens (tertiary/aromatic N) is 3. The lowest BCUT2D eigenvalue weighted by molar-refractivity contribution is 0.0156. The molecule has 0 aromatic carbocycles. The van der Waals surface area contributed by atoms with Gasteiger partial charge >= 0.3 is 6.09 Å². The number of hydrogen-bond acceptors (Lipinski definition) is 4. The molecule has 6 nitrogen and oxygen atoms in total. The van der Waals surface area contributed by atoms with Crippen molar-refractivity contribution in [3.05, 3.63) is 17.5 Å². The van der Waals surface area contributed by atoms with Crippen molar-refractivity contribution in [2.45, 2.75) is 65.1 Å². The Kier molecular flexibility index (Phi) is 5.04. The van der Waals surface area contributed by atoms with Crippen LogP contribution < -0.4 is 5.32 Å². The van der Waals surface area contributed by atoms with Crippen molar-refractivity contribution < 1.29 is 9.53 Å². The minimum absolute atomic E-state index is 0.0425. The van der Waals surface area contributed by atoms with E-state index in [-0.39, 0.29) is 11.6 Å². The lowest BCUT2D eigenvalue weighted by Gasteiger charge is -2.40. The van der Waals surface area contributed by atoms with Gasteiger partial charge in [0, 0.05) is 44.0 Å². The molecule has 1 aliphatic heterocycles. The minimum atomic E-state index is -0.437. The van der Waals surface area contributed by atoms with Crippen LogP contribution in [0.4, 0.5) is 4.79 Å². The Hall–Kier alpha value is -1.56. The van der Waals surface area contributed by atoms with Gasteiger partial charge in [0.05, 0.1) is 5.69 Å². The smallest absolute Gasteiger partial charge is 0.410 e. The van der Waals surface area contributed by atoms with Gasteiger partial charge in [0.15, 0.2) is 0 Å². The van der Waals surface area contributed by atoms with Gasteiger partial charge in [0.25, 0.3) is 0 Å². The third-order valence-corrected chi connectivity index (χ3v) is 4.34. The Morgan fingerprint density at radius 2 is 2.00 bits per heavy atom. The number of nitrogens with one attached hydrogen (secondary N) is 1. The summed E-state index contributed by atoms with van der Waals surface area (Å²) in [6.45, 7) is 12.2. The second-order valence-corrected chi connectivity index (χ2v) is 7.80. The van der Waals surface area contributed by atoms with E-state index in [0.29, 0.717) is 0 Å². The number of aromatic nitrogens is 2. The maximum atomic E-state index is 12.1. The van der Waals surface area contributed by atoms with E-state index in [9.17, 15) is 4.79 Å². The first-order valence-corrected chi connectivity index (χ1v) is 8.30. The molecule has 1 amide bonds. The summed E-state index contributed by atoms with van der Waals surface area (Å²) in [6.07, 6.45) is 3.70. The number of rotatable bonds is 3. The average Bonchev–Trinajstić information content (AvgIpc) is 2.74. The molecule has 0 atom stereocenters. The third-order valence-electron chi connectivity index (χ3n) is 4.34. The van der Waals surface area contributed by atoms with Crippen LogP contribution in [0, 0.1) is 6.92 Å². The lowest BCUT2D eigenvalue weighted by atomic mass is 9.89. The first-order valence-electron chi connectivity index (χ1n) is 8.30. The molecule has 6 heteroatoms. The van der Waals surface area contributed by atoms with E-state index >= 15 is 0 Å². The molecular formula is C17H30N4O2. The maximum Gasteiger partial charge on any atom is 0.410 e. The highest BCUT2D eigenvalue weighted by Crippen LogP contribution is 2.24. The van der Waals surface area contributed by atoms with Gasteiger partial charge in [-0.3, -0.25) is 4.68 Å². The quantitative estimate of drug-likeness (QED) is 0.929. The van der Waals surface area contributed by atoms with E-state index in [0.717, 1.165) is 38.2 Å². The summed E-state index contributed by atoms with van der Waals surface area (Å²) in [5, 5.41) is 8.02. The monoisotopic (exact) mass is 322 g/mol. The zero-order valence-corrected chi connectivity index (χ0v) is 15.3. The summed E-state index contributed by atoms with van der Waals surface area (Å²) in [5.74, 6) is 0. The predicted molar refractivity (Wildman–Crippen MR) is 90.2 cm³/mol. The fourth-order valence-corrected chi connectivity index (χ4v) is 2.82. The highest BCUT2D eigenvalue weighted by molar-refractivity contribution is 5.68. The summed E-state index contributed by atoms with van der Waals surface area (Å²) < 4.78 is 7.30. The third kappa shape index (κ3) is 4.96. The maximum absolute atomic E-state index is 12.1. The van der Waals surface area contributed by atoms with Crippen LogP contribution in [0.3, 0.4) is 0 Å². The molecule has 0 aliphatic carbocycles. The number of hydrogen-bond donors (Lipinski definition) is 1. The highest BCUT2D eigenvalue weighted by Gasteiger charge is 2.33. The SMILES string of the molecule is Cc1nn(C)cc1CNC1(C)CCN(C(=O)OC(C)(C)C)CC1. The van der Waals surface area contributed by atoms with Crippen molar-refractivity contribution >= 4 is 6.09 Å². The summed E-state index contributed by atoms with van der Waals surface area (Å²) in [5.41, 5.74) is 1.90. The van der Waals surface area contributed by atoms with Crippen molar-refractivity contribution in [1.82, 2.24) is 20.0 Å². The van der Waals surface area contributed by atoms with Crippen molar-refractivity contribution in [2.24, 2.45) is 7.05 Å². The summed E-state index contributed by atoms with van der Waals surface area (Å²) in [4.78, 5) is 13.9. The van der Waals surface area contributed by atoms with Crippen LogP contribution in [0.1, 0.15) is 51.8 Å². The van der Waals surface area contributed by atoms with E-state index < -0.39 is 5.60 Å². The van der Waals surface area contributed by atoms with E-state index in [2.05, 4.69) is 23.5 Å². The highest BCUT2D eigenvalue weighted by atomic mass is 16.6. The molecule has 1 N–H and O–H groups in total. The topological polar surface area (TPSA) is 59.4 Å². The van der Waals surface area contributed by atoms with Crippen molar-refractivity contribution in [3.63, 3.8) is 0 Å². The number of carbonyl (C=O) groups is 1. The van der Waals surface area contributed by atoms with Gasteiger partial charge in [0.1, 0.15) is 5.60 Å². The van der Waals surface area contributed by atoms with E-state index in [1.807, 2.05) is 44.3 Å². The molecule has 1 saturated heterocycles. The van der Waals surface area contributed by atoms with Gasteiger partial charge in [-0.25, -0.2) is 4.79 Å². The number of piperidine rings is 1. The Balaban J connectivity index is 1.85. The minimum Gasteiger partial charge on any atom is -0.444 e. The van der Waals surface area contributed by atoms with Gasteiger partial charge in [-0.2, -0.15) is 5.10 Å². The largest absolute Gasteiger partial charge is 0.444 e. The van der Waals surface area contributed by atoms with E-state index in [4.69, 9.17) is 4.74 Å². The van der Waals surface area contributed by atoms with Gasteiger partial charge in [-0.05, 0) is 47.5 Å². The first kappa shape index (κ1) is 17.8. The van der Waals surface area contributed by atoms with Crippen LogP contribution in [0.5, 0.6) is 0 Å². The number of amides is 1. The zero-order chi connectivity index (χ0) is 17.3. The molecule has 1 fully saturated rings. The van der Waals surface area contributed by atoms with Crippen LogP contribution in [0.2, 0.25) is 0 Å². The van der Waals surface area contributed by atoms with Crippen LogP contribution in [0.25, 0.3) is 0 Å². The molecule has 0 radical (unpaired) electrons. The molecule has 130 valence electrons. The Bertz CT molecular complexity index is 551. The molecule has 0 unspecified atom stereocenters. The molecule has 1 aromatic rings. The molecule has 23 heavy (non-hydrogen) atoms. The molecular weight excluding hydrogens is 292 g/mol. The zero-order valence-electron chi connectivity index (χ0n) is 15.3. The molecule has 2 rings (SSSR count). The summed E-state index contributed by atoms with van der Waals surface area (Å²) in [6, 6.07) is 0. The fraction of sp³-hybridized carbons (Fsp3) is 0.765. The van der Waals surface area contributed by atoms with Crippen LogP contribution in [-0.4, -0.2) is 45.0 Å². The van der Waals surface area contributed by atoms with Gasteiger partial charge < -0.3 is 15.0 Å². The van der Waals surface area contributed by atoms with Crippen molar-refractivity contribution in [1.29, 1.82) is 0 Å². The molecule has 0 spiro atoms. The Labute approximate surface area is 139 Å². The number of carbonyl (C=O) groups excluding carboxylic acids is 1. The van der Waals surface area contributed by atoms with Gasteiger partial charge in [-0.1, -0.05) is 0 Å². The van der Waals surface area contributed by atoms with E-state index in [1.54, 1.807) is 0 Å². The van der Waals surface area contributed by atoms with Crippen LogP contribution in [0.15, 0.2) is 6.20 Å². The van der Waals surface area contributed by atoms with Gasteiger partial charge in [-0.15, -0.1) is 0 Å². The molecule has 1 aliphatic rings. The van der Waals surface area contributed by atoms with Gasteiger partial charge in [0.2, 0.25) is 0 Å². The molecule has 2 heterocycles. The number of aryl methyl sites for hydroxylation is 2. The first-order chi connectivity index (χ1) is 10.6. The van der Waals surface area contributed by atoms with Crippen LogP contribution in [-0.2, 0) is 18.3 Å². The normalized spacial score (nSPS) is 18.1. The lowest BCUT2D eigenvalue weighted by Crippen LogP contribution is -2.53. The Morgan fingerprint density at radius 3 is 2.48 bits per heavy atom. The second kappa shape index (κ2) is 6.51. The standard InChI is InChI=1S/C17H30N4O2/c1-13-14(12-20(6)19-13)11-18-17(5)7-9-21(10-8-17)15(22)23-16(2,3)4/h12,18H,7-11H2,1-6H3. The molecule has 0 bridgehead atoms. The van der Waals surface area contributed by atoms with Crippen molar-refractivity contribution in [3.8, 4) is 0 Å². The molecule has 1 aromatic heterocycles. The summed E-state index contributed by atoms with van der Waals surface area (Å²) in [7, 11) is 1.94. The summed E-state index contributed by atoms with van der Waals surface area (Å²) >= 11 is 0. The number of ether oxygens (including phenoxy) is 1. The molecule has 0 saturated carbocycles. The number of likely N-dealkylation sites (tertiary alicyclic amines) is 1. The predicted octanol–water partition coefficient (Wildman–Crippen LogP) is 2.61. The van der Waals surface area contributed by atoms with Crippen LogP contribution >= 0.6 is 0 Å².